The summed E-state index contributed by atoms with van der Waals surface area (Å²) in [5.41, 5.74) is 0.436. The Morgan fingerprint density at radius 2 is 2.00 bits per heavy atom. The summed E-state index contributed by atoms with van der Waals surface area (Å²) in [6.45, 7) is 1.92. The van der Waals surface area contributed by atoms with E-state index in [1.54, 1.807) is 13.0 Å². The Hall–Kier alpha value is -2.78. The summed E-state index contributed by atoms with van der Waals surface area (Å²) >= 11 is 5.01. The predicted octanol–water partition coefficient (Wildman–Crippen LogP) is 2.59. The highest BCUT2D eigenvalue weighted by Crippen LogP contribution is 2.40. The molecule has 1 aromatic carbocycles. The van der Waals surface area contributed by atoms with E-state index in [0.29, 0.717) is 11.5 Å². The molecule has 1 atom stereocenters. The Labute approximate surface area is 159 Å². The number of hydrogen-bond acceptors (Lipinski definition) is 6. The highest BCUT2D eigenvalue weighted by molar-refractivity contribution is 7.71. The molecule has 0 spiro atoms. The number of carbonyl (C=O) groups excluding carboxylic acids is 1. The first-order chi connectivity index (χ1) is 12.9. The number of aromatic nitrogens is 2. The van der Waals surface area contributed by atoms with Gasteiger partial charge >= 0.3 is 5.97 Å². The van der Waals surface area contributed by atoms with E-state index in [1.165, 1.54) is 25.3 Å². The van der Waals surface area contributed by atoms with Crippen LogP contribution in [0.1, 0.15) is 24.0 Å². The second-order valence-electron chi connectivity index (χ2n) is 5.94. The van der Waals surface area contributed by atoms with E-state index in [2.05, 4.69) is 15.3 Å². The van der Waals surface area contributed by atoms with Crippen LogP contribution >= 0.6 is 12.2 Å². The summed E-state index contributed by atoms with van der Waals surface area (Å²) < 4.78 is 24.8. The molecule has 1 aromatic heterocycles. The molecule has 142 valence electrons. The number of anilines is 1. The number of allylic oxidation sites excluding steroid dienone is 1. The number of H-pyrrole nitrogens is 2. The standard InChI is InChI=1S/C18H18FN3O4S/c1-9-12(17(24)26-8-7-25-2)13(10-5-3-4-6-11(10)19)14-15(20-9)21-18(27)22-16(14)23/h3-6,13H,7-8H2,1-2H3,(H3,20,21,22,23,27). The zero-order chi connectivity index (χ0) is 19.6. The lowest BCUT2D eigenvalue weighted by molar-refractivity contribution is -0.140. The summed E-state index contributed by atoms with van der Waals surface area (Å²) in [4.78, 5) is 30.7. The molecule has 0 saturated carbocycles. The largest absolute Gasteiger partial charge is 0.460 e. The lowest BCUT2D eigenvalue weighted by Crippen LogP contribution is -2.31. The second-order valence-corrected chi connectivity index (χ2v) is 6.35. The minimum absolute atomic E-state index is 0.0382. The number of nitrogens with one attached hydrogen (secondary N) is 3. The fraction of sp³-hybridized carbons (Fsp3) is 0.278. The minimum atomic E-state index is -0.951. The quantitative estimate of drug-likeness (QED) is 0.412. The van der Waals surface area contributed by atoms with E-state index in [1.807, 2.05) is 0 Å². The highest BCUT2D eigenvalue weighted by Gasteiger charge is 2.37. The number of fused-ring (bicyclic) bond motifs is 1. The molecule has 0 bridgehead atoms. The van der Waals surface area contributed by atoms with Crippen LogP contribution in [-0.4, -0.2) is 36.3 Å². The molecule has 1 aliphatic heterocycles. The van der Waals surface area contributed by atoms with Gasteiger partial charge in [0.15, 0.2) is 4.77 Å². The molecule has 1 aliphatic rings. The van der Waals surface area contributed by atoms with E-state index < -0.39 is 23.3 Å². The van der Waals surface area contributed by atoms with Crippen molar-refractivity contribution in [2.45, 2.75) is 12.8 Å². The Bertz CT molecular complexity index is 1030. The zero-order valence-corrected chi connectivity index (χ0v) is 15.5. The number of hydrogen-bond donors (Lipinski definition) is 3. The topological polar surface area (TPSA) is 96.2 Å². The highest BCUT2D eigenvalue weighted by atomic mass is 32.1. The molecular weight excluding hydrogens is 373 g/mol. The molecule has 0 radical (unpaired) electrons. The van der Waals surface area contributed by atoms with Crippen LogP contribution in [0.2, 0.25) is 0 Å². The Morgan fingerprint density at radius 3 is 2.70 bits per heavy atom. The van der Waals surface area contributed by atoms with Crippen LogP contribution in [0.5, 0.6) is 0 Å². The maximum atomic E-state index is 14.6. The number of esters is 1. The van der Waals surface area contributed by atoms with Crippen molar-refractivity contribution in [3.8, 4) is 0 Å². The molecule has 0 fully saturated rings. The summed E-state index contributed by atoms with van der Waals surface area (Å²) in [6.07, 6.45) is 0. The van der Waals surface area contributed by atoms with Gasteiger partial charge in [-0.25, -0.2) is 9.18 Å². The first kappa shape index (κ1) is 19.0. The first-order valence-electron chi connectivity index (χ1n) is 8.18. The molecule has 3 rings (SSSR count). The van der Waals surface area contributed by atoms with Crippen LogP contribution in [0.4, 0.5) is 10.2 Å². The molecule has 0 saturated heterocycles. The molecule has 0 amide bonds. The lowest BCUT2D eigenvalue weighted by atomic mass is 9.82. The van der Waals surface area contributed by atoms with Gasteiger partial charge in [0.2, 0.25) is 0 Å². The number of aromatic amines is 2. The summed E-state index contributed by atoms with van der Waals surface area (Å²) in [7, 11) is 1.49. The van der Waals surface area contributed by atoms with Gasteiger partial charge in [0.1, 0.15) is 18.2 Å². The Morgan fingerprint density at radius 1 is 1.26 bits per heavy atom. The molecule has 9 heteroatoms. The fourth-order valence-corrected chi connectivity index (χ4v) is 3.27. The van der Waals surface area contributed by atoms with Gasteiger partial charge in [-0.15, -0.1) is 0 Å². The van der Waals surface area contributed by atoms with Crippen LogP contribution in [0.25, 0.3) is 0 Å². The van der Waals surface area contributed by atoms with Crippen LogP contribution in [0.3, 0.4) is 0 Å². The van der Waals surface area contributed by atoms with Crippen molar-refractivity contribution in [2.24, 2.45) is 0 Å². The second kappa shape index (κ2) is 7.85. The van der Waals surface area contributed by atoms with Crippen molar-refractivity contribution >= 4 is 24.0 Å². The van der Waals surface area contributed by atoms with Gasteiger partial charge in [0, 0.05) is 18.4 Å². The van der Waals surface area contributed by atoms with E-state index >= 15 is 0 Å². The number of methoxy groups -OCH3 is 1. The van der Waals surface area contributed by atoms with E-state index in [-0.39, 0.29) is 34.7 Å². The molecule has 2 heterocycles. The number of carbonyl (C=O) groups is 1. The molecule has 0 aliphatic carbocycles. The summed E-state index contributed by atoms with van der Waals surface area (Å²) in [5, 5.41) is 2.96. The van der Waals surface area contributed by atoms with Crippen molar-refractivity contribution < 1.29 is 18.7 Å². The van der Waals surface area contributed by atoms with Gasteiger partial charge in [-0.3, -0.25) is 9.78 Å². The van der Waals surface area contributed by atoms with Crippen molar-refractivity contribution in [1.82, 2.24) is 9.97 Å². The molecule has 1 unspecified atom stereocenters. The smallest absolute Gasteiger partial charge is 0.336 e. The maximum absolute atomic E-state index is 14.6. The third-order valence-corrected chi connectivity index (χ3v) is 4.43. The predicted molar refractivity (Wildman–Crippen MR) is 99.6 cm³/mol. The van der Waals surface area contributed by atoms with Crippen LogP contribution in [-0.2, 0) is 14.3 Å². The van der Waals surface area contributed by atoms with Gasteiger partial charge in [-0.2, -0.15) is 0 Å². The lowest BCUT2D eigenvalue weighted by Gasteiger charge is -2.29. The SMILES string of the molecule is COCCOC(=O)C1=C(C)Nc2[nH]c(=S)[nH]c(=O)c2C1c1ccccc1F. The van der Waals surface area contributed by atoms with Crippen molar-refractivity contribution in [3.63, 3.8) is 0 Å². The van der Waals surface area contributed by atoms with Gasteiger partial charge in [-0.1, -0.05) is 18.2 Å². The van der Waals surface area contributed by atoms with Crippen LogP contribution < -0.4 is 10.9 Å². The monoisotopic (exact) mass is 391 g/mol. The van der Waals surface area contributed by atoms with Crippen molar-refractivity contribution in [2.75, 3.05) is 25.6 Å². The third-order valence-electron chi connectivity index (χ3n) is 4.23. The minimum Gasteiger partial charge on any atom is -0.460 e. The van der Waals surface area contributed by atoms with Crippen molar-refractivity contribution in [1.29, 1.82) is 0 Å². The molecule has 3 N–H and O–H groups in total. The Balaban J connectivity index is 2.19. The zero-order valence-electron chi connectivity index (χ0n) is 14.7. The van der Waals surface area contributed by atoms with E-state index in [4.69, 9.17) is 21.7 Å². The van der Waals surface area contributed by atoms with Crippen LogP contribution in [0.15, 0.2) is 40.3 Å². The van der Waals surface area contributed by atoms with Gasteiger partial charge < -0.3 is 19.8 Å². The van der Waals surface area contributed by atoms with Crippen LogP contribution in [0, 0.1) is 10.6 Å². The molecule has 27 heavy (non-hydrogen) atoms. The third kappa shape index (κ3) is 3.69. The number of rotatable bonds is 5. The van der Waals surface area contributed by atoms with E-state index in [0.717, 1.165) is 0 Å². The average molecular weight is 391 g/mol. The number of benzene rings is 1. The Kier molecular flexibility index (Phi) is 5.52. The molecule has 2 aromatic rings. The van der Waals surface area contributed by atoms with E-state index in [9.17, 15) is 14.0 Å². The summed E-state index contributed by atoms with van der Waals surface area (Å²) in [5.74, 6) is -1.82. The normalized spacial score (nSPS) is 15.9. The fourth-order valence-electron chi connectivity index (χ4n) is 3.07. The molecular formula is C18H18FN3O4S. The van der Waals surface area contributed by atoms with Gasteiger partial charge in [0.05, 0.1) is 23.7 Å². The summed E-state index contributed by atoms with van der Waals surface area (Å²) in [6, 6.07) is 5.99. The number of ether oxygens (including phenoxy) is 2. The average Bonchev–Trinajstić information content (AvgIpc) is 2.60. The number of halogens is 1. The van der Waals surface area contributed by atoms with Gasteiger partial charge in [-0.05, 0) is 25.2 Å². The van der Waals surface area contributed by atoms with Gasteiger partial charge in [0.25, 0.3) is 5.56 Å². The maximum Gasteiger partial charge on any atom is 0.336 e. The first-order valence-corrected chi connectivity index (χ1v) is 8.59. The molecule has 7 nitrogen and oxygen atoms in total. The van der Waals surface area contributed by atoms with Crippen molar-refractivity contribution in [3.05, 3.63) is 67.6 Å².